The maximum Gasteiger partial charge on any atom is 0.262 e. The summed E-state index contributed by atoms with van der Waals surface area (Å²) in [4.78, 5) is 38.2. The van der Waals surface area contributed by atoms with Crippen molar-refractivity contribution in [1.29, 1.82) is 0 Å². The molecule has 1 atom stereocenters. The van der Waals surface area contributed by atoms with Gasteiger partial charge in [0.1, 0.15) is 5.75 Å². The van der Waals surface area contributed by atoms with E-state index in [1.54, 1.807) is 47.4 Å². The van der Waals surface area contributed by atoms with E-state index >= 15 is 0 Å². The summed E-state index contributed by atoms with van der Waals surface area (Å²) in [6.07, 6.45) is 1.77. The van der Waals surface area contributed by atoms with Crippen LogP contribution in [0.15, 0.2) is 55.1 Å². The highest BCUT2D eigenvalue weighted by Crippen LogP contribution is 2.27. The van der Waals surface area contributed by atoms with Gasteiger partial charge in [-0.3, -0.25) is 14.4 Å². The van der Waals surface area contributed by atoms with Crippen molar-refractivity contribution in [2.24, 2.45) is 5.92 Å². The number of benzene rings is 2. The maximum absolute atomic E-state index is 12.3. The van der Waals surface area contributed by atoms with Gasteiger partial charge in [0, 0.05) is 35.9 Å². The summed E-state index contributed by atoms with van der Waals surface area (Å²) in [5, 5.41) is 6.03. The number of halogens is 1. The number of ether oxygens (including phenoxy) is 1. The summed E-state index contributed by atoms with van der Waals surface area (Å²) < 4.78 is 5.54. The summed E-state index contributed by atoms with van der Waals surface area (Å²) in [7, 11) is 0. The van der Waals surface area contributed by atoms with Crippen LogP contribution < -0.4 is 20.3 Å². The Morgan fingerprint density at radius 2 is 2.00 bits per heavy atom. The molecule has 2 aromatic rings. The smallest absolute Gasteiger partial charge is 0.262 e. The number of carbonyl (C=O) groups excluding carboxylic acids is 3. The van der Waals surface area contributed by atoms with Crippen molar-refractivity contribution in [3.8, 4) is 5.75 Å². The van der Waals surface area contributed by atoms with Gasteiger partial charge in [-0.2, -0.15) is 0 Å². The molecule has 1 heterocycles. The van der Waals surface area contributed by atoms with Gasteiger partial charge in [0.15, 0.2) is 6.61 Å². The lowest BCUT2D eigenvalue weighted by Crippen LogP contribution is -2.32. The molecule has 0 radical (unpaired) electrons. The van der Waals surface area contributed by atoms with Gasteiger partial charge in [-0.25, -0.2) is 0 Å². The molecule has 0 bridgehead atoms. The molecule has 3 rings (SSSR count). The summed E-state index contributed by atoms with van der Waals surface area (Å²) in [6, 6.07) is 12.1. The lowest BCUT2D eigenvalue weighted by Gasteiger charge is -2.17. The Morgan fingerprint density at radius 3 is 2.71 bits per heavy atom. The van der Waals surface area contributed by atoms with Crippen molar-refractivity contribution in [3.05, 3.63) is 65.7 Å². The standard InChI is InChI=1S/C23H24ClN3O4/c1-3-10-25-23(30)16-11-22(29)27(13-16)18-6-8-19(9-7-18)31-14-21(28)26-20-12-17(24)5-4-15(20)2/h3-9,12,16H,1,10-11,13-14H2,2H3,(H,25,30)(H,26,28)/t16-/m0/s1. The molecular formula is C23H24ClN3O4. The molecule has 1 saturated heterocycles. The molecule has 31 heavy (non-hydrogen) atoms. The summed E-state index contributed by atoms with van der Waals surface area (Å²) in [5.41, 5.74) is 2.21. The fourth-order valence-corrected chi connectivity index (χ4v) is 3.41. The van der Waals surface area contributed by atoms with Crippen LogP contribution in [0.5, 0.6) is 5.75 Å². The highest BCUT2D eigenvalue weighted by molar-refractivity contribution is 6.31. The number of nitrogens with one attached hydrogen (secondary N) is 2. The molecule has 1 aliphatic heterocycles. The van der Waals surface area contributed by atoms with Crippen LogP contribution in [0.3, 0.4) is 0 Å². The van der Waals surface area contributed by atoms with Crippen LogP contribution in [0.4, 0.5) is 11.4 Å². The van der Waals surface area contributed by atoms with E-state index in [4.69, 9.17) is 16.3 Å². The quantitative estimate of drug-likeness (QED) is 0.615. The SMILES string of the molecule is C=CCNC(=O)[C@H]1CC(=O)N(c2ccc(OCC(=O)Nc3cc(Cl)ccc3C)cc2)C1. The maximum atomic E-state index is 12.3. The normalized spacial score (nSPS) is 15.5. The minimum Gasteiger partial charge on any atom is -0.484 e. The molecule has 3 amide bonds. The Kier molecular flexibility index (Phi) is 7.31. The lowest BCUT2D eigenvalue weighted by molar-refractivity contribution is -0.126. The molecule has 1 aliphatic rings. The van der Waals surface area contributed by atoms with Gasteiger partial charge < -0.3 is 20.3 Å². The van der Waals surface area contributed by atoms with Crippen LogP contribution >= 0.6 is 11.6 Å². The van der Waals surface area contributed by atoms with E-state index in [0.717, 1.165) is 5.56 Å². The average Bonchev–Trinajstić information content (AvgIpc) is 3.15. The molecule has 8 heteroatoms. The van der Waals surface area contributed by atoms with Gasteiger partial charge >= 0.3 is 0 Å². The van der Waals surface area contributed by atoms with Crippen molar-refractivity contribution in [2.45, 2.75) is 13.3 Å². The number of aryl methyl sites for hydroxylation is 1. The summed E-state index contributed by atoms with van der Waals surface area (Å²) >= 11 is 5.96. The van der Waals surface area contributed by atoms with Crippen LogP contribution in [0.25, 0.3) is 0 Å². The minimum absolute atomic E-state index is 0.108. The lowest BCUT2D eigenvalue weighted by atomic mass is 10.1. The number of hydrogen-bond acceptors (Lipinski definition) is 4. The first-order chi connectivity index (χ1) is 14.9. The largest absolute Gasteiger partial charge is 0.484 e. The Bertz CT molecular complexity index is 991. The summed E-state index contributed by atoms with van der Waals surface area (Å²) in [6.45, 7) is 5.97. The fraction of sp³-hybridized carbons (Fsp3) is 0.261. The monoisotopic (exact) mass is 441 g/mol. The number of rotatable bonds is 8. The molecule has 0 saturated carbocycles. The molecule has 0 unspecified atom stereocenters. The van der Waals surface area contributed by atoms with Gasteiger partial charge in [0.05, 0.1) is 5.92 Å². The van der Waals surface area contributed by atoms with E-state index in [-0.39, 0.29) is 36.7 Å². The second-order valence-electron chi connectivity index (χ2n) is 7.23. The van der Waals surface area contributed by atoms with Crippen LogP contribution in [0.2, 0.25) is 5.02 Å². The third-order valence-corrected chi connectivity index (χ3v) is 5.14. The van der Waals surface area contributed by atoms with Gasteiger partial charge in [-0.1, -0.05) is 23.7 Å². The molecule has 162 valence electrons. The molecule has 7 nitrogen and oxygen atoms in total. The van der Waals surface area contributed by atoms with Crippen molar-refractivity contribution >= 4 is 40.7 Å². The molecule has 0 aromatic heterocycles. The zero-order valence-corrected chi connectivity index (χ0v) is 17.9. The van der Waals surface area contributed by atoms with Crippen molar-refractivity contribution in [1.82, 2.24) is 5.32 Å². The number of nitrogens with zero attached hydrogens (tertiary/aromatic N) is 1. The molecular weight excluding hydrogens is 418 g/mol. The van der Waals surface area contributed by atoms with Crippen LogP contribution in [-0.2, 0) is 14.4 Å². The van der Waals surface area contributed by atoms with Crippen molar-refractivity contribution in [2.75, 3.05) is 29.9 Å². The highest BCUT2D eigenvalue weighted by atomic mass is 35.5. The van der Waals surface area contributed by atoms with Crippen molar-refractivity contribution < 1.29 is 19.1 Å². The average molecular weight is 442 g/mol. The Morgan fingerprint density at radius 1 is 1.26 bits per heavy atom. The topological polar surface area (TPSA) is 87.7 Å². The van der Waals surface area contributed by atoms with Gasteiger partial charge in [0.2, 0.25) is 11.8 Å². The Hall–Kier alpha value is -3.32. The zero-order valence-electron chi connectivity index (χ0n) is 17.2. The predicted octanol–water partition coefficient (Wildman–Crippen LogP) is 3.32. The molecule has 0 spiro atoms. The predicted molar refractivity (Wildman–Crippen MR) is 120 cm³/mol. The molecule has 2 N–H and O–H groups in total. The van der Waals surface area contributed by atoms with Gasteiger partial charge in [-0.05, 0) is 48.9 Å². The van der Waals surface area contributed by atoms with E-state index in [2.05, 4.69) is 17.2 Å². The van der Waals surface area contributed by atoms with Crippen LogP contribution in [0, 0.1) is 12.8 Å². The number of carbonyl (C=O) groups is 3. The first-order valence-corrected chi connectivity index (χ1v) is 10.2. The number of hydrogen-bond donors (Lipinski definition) is 2. The zero-order chi connectivity index (χ0) is 22.4. The Balaban J connectivity index is 1.53. The second kappa shape index (κ2) is 10.1. The van der Waals surface area contributed by atoms with Crippen LogP contribution in [0.1, 0.15) is 12.0 Å². The molecule has 1 fully saturated rings. The summed E-state index contributed by atoms with van der Waals surface area (Å²) in [5.74, 6) is -0.464. The third-order valence-electron chi connectivity index (χ3n) is 4.91. The molecule has 0 aliphatic carbocycles. The Labute approximate surface area is 186 Å². The van der Waals surface area contributed by atoms with E-state index in [1.165, 1.54) is 0 Å². The van der Waals surface area contributed by atoms with Crippen molar-refractivity contribution in [3.63, 3.8) is 0 Å². The molecule has 2 aromatic carbocycles. The number of amides is 3. The van der Waals surface area contributed by atoms with E-state index in [9.17, 15) is 14.4 Å². The van der Waals surface area contributed by atoms with Gasteiger partial charge in [-0.15, -0.1) is 6.58 Å². The first kappa shape index (κ1) is 22.4. The fourth-order valence-electron chi connectivity index (χ4n) is 3.24. The van der Waals surface area contributed by atoms with E-state index in [1.807, 2.05) is 13.0 Å². The first-order valence-electron chi connectivity index (χ1n) is 9.85. The van der Waals surface area contributed by atoms with Gasteiger partial charge in [0.25, 0.3) is 5.91 Å². The minimum atomic E-state index is -0.387. The van der Waals surface area contributed by atoms with E-state index in [0.29, 0.717) is 35.2 Å². The second-order valence-corrected chi connectivity index (χ2v) is 7.67. The van der Waals surface area contributed by atoms with E-state index < -0.39 is 0 Å². The third kappa shape index (κ3) is 5.86. The van der Waals surface area contributed by atoms with Crippen LogP contribution in [-0.4, -0.2) is 37.4 Å². The number of anilines is 2. The highest BCUT2D eigenvalue weighted by Gasteiger charge is 2.34.